The number of hydrogen-bond acceptors (Lipinski definition) is 4. The van der Waals surface area contributed by atoms with E-state index in [2.05, 4.69) is 40.4 Å². The summed E-state index contributed by atoms with van der Waals surface area (Å²) in [4.78, 5) is 12.4. The molecule has 0 unspecified atom stereocenters. The number of rotatable bonds is 7. The van der Waals surface area contributed by atoms with Gasteiger partial charge in [-0.1, -0.05) is 38.8 Å². The third-order valence-corrected chi connectivity index (χ3v) is 10.5. The SMILES string of the molecule is C=C[C@H](CO)[C@@H]1[C@@H]([C@@H](C)O[Si](C)(C)C(C)(C)C)C(=O)N1SC. The number of nitrogens with zero attached hydrogens (tertiary/aromatic N) is 1. The predicted octanol–water partition coefficient (Wildman–Crippen LogP) is 3.30. The molecule has 1 rings (SSSR count). The lowest BCUT2D eigenvalue weighted by molar-refractivity contribution is -0.154. The highest BCUT2D eigenvalue weighted by Gasteiger charge is 2.54. The van der Waals surface area contributed by atoms with Gasteiger partial charge in [0, 0.05) is 12.2 Å². The van der Waals surface area contributed by atoms with Crippen LogP contribution in [0.5, 0.6) is 0 Å². The summed E-state index contributed by atoms with van der Waals surface area (Å²) in [6, 6.07) is -0.0373. The highest BCUT2D eigenvalue weighted by molar-refractivity contribution is 7.96. The molecule has 22 heavy (non-hydrogen) atoms. The standard InChI is InChI=1S/C16H31NO3SSi/c1-9-12(10-18)14-13(15(19)17(14)21-6)11(2)20-22(7,8)16(3,4)5/h9,11-14,18H,1,10H2,2-8H3/t11-,12-,13-,14-/m1/s1. The molecule has 0 aliphatic carbocycles. The van der Waals surface area contributed by atoms with Gasteiger partial charge in [0.2, 0.25) is 5.91 Å². The molecule has 6 heteroatoms. The van der Waals surface area contributed by atoms with Crippen LogP contribution in [0, 0.1) is 11.8 Å². The first-order valence-electron chi connectivity index (χ1n) is 7.80. The summed E-state index contributed by atoms with van der Waals surface area (Å²) in [6.07, 6.45) is 3.49. The third-order valence-electron chi connectivity index (χ3n) is 5.08. The molecule has 1 aliphatic heterocycles. The maximum Gasteiger partial charge on any atom is 0.240 e. The number of hydrogen-bond donors (Lipinski definition) is 1. The molecule has 0 aromatic carbocycles. The lowest BCUT2D eigenvalue weighted by Gasteiger charge is -2.52. The Balaban J connectivity index is 2.93. The Hall–Kier alpha value is -0.303. The first kappa shape index (κ1) is 19.7. The van der Waals surface area contributed by atoms with Crippen molar-refractivity contribution in [1.82, 2.24) is 4.31 Å². The fourth-order valence-corrected chi connectivity index (χ4v) is 4.93. The van der Waals surface area contributed by atoms with Crippen molar-refractivity contribution in [3.8, 4) is 0 Å². The zero-order valence-electron chi connectivity index (χ0n) is 14.9. The molecule has 0 saturated carbocycles. The first-order chi connectivity index (χ1) is 10.0. The highest BCUT2D eigenvalue weighted by Crippen LogP contribution is 2.43. The molecular formula is C16H31NO3SSi. The smallest absolute Gasteiger partial charge is 0.240 e. The van der Waals surface area contributed by atoms with Gasteiger partial charge in [-0.2, -0.15) is 0 Å². The largest absolute Gasteiger partial charge is 0.413 e. The van der Waals surface area contributed by atoms with Crippen LogP contribution in [0.3, 0.4) is 0 Å². The van der Waals surface area contributed by atoms with E-state index >= 15 is 0 Å². The Morgan fingerprint density at radius 3 is 2.41 bits per heavy atom. The minimum absolute atomic E-state index is 0.00180. The summed E-state index contributed by atoms with van der Waals surface area (Å²) >= 11 is 1.41. The van der Waals surface area contributed by atoms with Crippen LogP contribution in [-0.2, 0) is 9.22 Å². The van der Waals surface area contributed by atoms with Crippen LogP contribution in [0.15, 0.2) is 12.7 Å². The van der Waals surface area contributed by atoms with Crippen LogP contribution in [-0.4, -0.2) is 48.6 Å². The van der Waals surface area contributed by atoms with Crippen molar-refractivity contribution in [2.45, 2.75) is 58.0 Å². The quantitative estimate of drug-likeness (QED) is 0.333. The van der Waals surface area contributed by atoms with E-state index in [4.69, 9.17) is 4.43 Å². The van der Waals surface area contributed by atoms with Crippen LogP contribution in [0.25, 0.3) is 0 Å². The molecule has 0 aromatic heterocycles. The molecule has 4 atom stereocenters. The van der Waals surface area contributed by atoms with Gasteiger partial charge < -0.3 is 9.53 Å². The van der Waals surface area contributed by atoms with Gasteiger partial charge in [-0.05, 0) is 25.1 Å². The van der Waals surface area contributed by atoms with Crippen molar-refractivity contribution in [2.24, 2.45) is 11.8 Å². The molecular weight excluding hydrogens is 314 g/mol. The molecule has 1 fully saturated rings. The lowest BCUT2D eigenvalue weighted by atomic mass is 9.78. The molecule has 128 valence electrons. The van der Waals surface area contributed by atoms with E-state index in [1.165, 1.54) is 11.9 Å². The van der Waals surface area contributed by atoms with E-state index in [1.807, 2.05) is 13.2 Å². The van der Waals surface area contributed by atoms with Crippen LogP contribution in [0.1, 0.15) is 27.7 Å². The summed E-state index contributed by atoms with van der Waals surface area (Å²) in [6.45, 7) is 16.8. The number of aliphatic hydroxyl groups is 1. The maximum absolute atomic E-state index is 12.4. The van der Waals surface area contributed by atoms with Crippen molar-refractivity contribution in [1.29, 1.82) is 0 Å². The van der Waals surface area contributed by atoms with Crippen LogP contribution < -0.4 is 0 Å². The van der Waals surface area contributed by atoms with Crippen molar-refractivity contribution in [3.63, 3.8) is 0 Å². The second-order valence-electron chi connectivity index (χ2n) is 7.53. The second-order valence-corrected chi connectivity index (χ2v) is 13.0. The van der Waals surface area contributed by atoms with Crippen LogP contribution in [0.2, 0.25) is 18.1 Å². The molecule has 1 saturated heterocycles. The average molecular weight is 346 g/mol. The lowest BCUT2D eigenvalue weighted by Crippen LogP contribution is -2.65. The second kappa shape index (κ2) is 7.07. The molecule has 1 N–H and O–H groups in total. The number of aliphatic hydroxyl groups excluding tert-OH is 1. The van der Waals surface area contributed by atoms with Crippen molar-refractivity contribution in [2.75, 3.05) is 12.9 Å². The fraction of sp³-hybridized carbons (Fsp3) is 0.812. The number of carbonyl (C=O) groups excluding carboxylic acids is 1. The number of β-lactam (4-membered cyclic amide) rings is 1. The van der Waals surface area contributed by atoms with Gasteiger partial charge in [-0.25, -0.2) is 0 Å². The van der Waals surface area contributed by atoms with E-state index in [-0.39, 0.29) is 41.5 Å². The summed E-state index contributed by atoms with van der Waals surface area (Å²) < 4.78 is 8.15. The van der Waals surface area contributed by atoms with Gasteiger partial charge in [0.15, 0.2) is 8.32 Å². The predicted molar refractivity (Wildman–Crippen MR) is 96.2 cm³/mol. The molecule has 1 amide bonds. The van der Waals surface area contributed by atoms with Gasteiger partial charge in [0.05, 0.1) is 24.7 Å². The summed E-state index contributed by atoms with van der Waals surface area (Å²) in [5.41, 5.74) is 0. The van der Waals surface area contributed by atoms with E-state index in [0.717, 1.165) is 0 Å². The Labute approximate surface area is 140 Å². The molecule has 0 radical (unpaired) electrons. The normalized spacial score (nSPS) is 25.6. The molecule has 0 spiro atoms. The molecule has 4 nitrogen and oxygen atoms in total. The zero-order chi connectivity index (χ0) is 17.3. The Morgan fingerprint density at radius 2 is 2.05 bits per heavy atom. The highest BCUT2D eigenvalue weighted by atomic mass is 32.2. The van der Waals surface area contributed by atoms with Gasteiger partial charge in [0.25, 0.3) is 0 Å². The maximum atomic E-state index is 12.4. The Kier molecular flexibility index (Phi) is 6.35. The monoisotopic (exact) mass is 345 g/mol. The summed E-state index contributed by atoms with van der Waals surface area (Å²) in [7, 11) is -1.93. The van der Waals surface area contributed by atoms with Crippen molar-refractivity contribution in [3.05, 3.63) is 12.7 Å². The Morgan fingerprint density at radius 1 is 1.50 bits per heavy atom. The van der Waals surface area contributed by atoms with Crippen LogP contribution >= 0.6 is 11.9 Å². The third kappa shape index (κ3) is 3.61. The first-order valence-corrected chi connectivity index (χ1v) is 11.9. The Bertz CT molecular complexity index is 416. The molecule has 1 heterocycles. The van der Waals surface area contributed by atoms with Gasteiger partial charge in [-0.3, -0.25) is 9.10 Å². The van der Waals surface area contributed by atoms with E-state index in [1.54, 1.807) is 10.4 Å². The van der Waals surface area contributed by atoms with E-state index < -0.39 is 8.32 Å². The number of amides is 1. The van der Waals surface area contributed by atoms with E-state index in [0.29, 0.717) is 0 Å². The van der Waals surface area contributed by atoms with E-state index in [9.17, 15) is 9.90 Å². The minimum Gasteiger partial charge on any atom is -0.413 e. The van der Waals surface area contributed by atoms with Gasteiger partial charge >= 0.3 is 0 Å². The van der Waals surface area contributed by atoms with Crippen molar-refractivity contribution >= 4 is 26.2 Å². The summed E-state index contributed by atoms with van der Waals surface area (Å²) in [5, 5.41) is 9.68. The zero-order valence-corrected chi connectivity index (χ0v) is 16.7. The average Bonchev–Trinajstić information content (AvgIpc) is 2.37. The fourth-order valence-electron chi connectivity index (χ4n) is 2.67. The topological polar surface area (TPSA) is 49.8 Å². The minimum atomic E-state index is -1.93. The van der Waals surface area contributed by atoms with Crippen LogP contribution in [0.4, 0.5) is 0 Å². The molecule has 0 bridgehead atoms. The number of carbonyl (C=O) groups is 1. The van der Waals surface area contributed by atoms with Gasteiger partial charge in [-0.15, -0.1) is 6.58 Å². The van der Waals surface area contributed by atoms with Crippen molar-refractivity contribution < 1.29 is 14.3 Å². The molecule has 1 aliphatic rings. The molecule has 0 aromatic rings. The summed E-state index contributed by atoms with van der Waals surface area (Å²) in [5.74, 6) is -0.207. The van der Waals surface area contributed by atoms with Gasteiger partial charge in [0.1, 0.15) is 0 Å².